The molecule has 4 nitrogen and oxygen atoms in total. The first kappa shape index (κ1) is 15.7. The molecule has 1 atom stereocenters. The molecule has 0 radical (unpaired) electrons. The van der Waals surface area contributed by atoms with Gasteiger partial charge in [0.25, 0.3) is 0 Å². The third-order valence-electron chi connectivity index (χ3n) is 0. The molecule has 0 aromatic heterocycles. The van der Waals surface area contributed by atoms with Crippen LogP contribution in [0, 0.1) is 0 Å². The standard InChI is InChI=1S/Na.H2O3S.H2O.H/c;1-4(2)3;;/h;(H2,1,2,3);1H2;/q+1;;;-1/p-1. The van der Waals surface area contributed by atoms with Crippen LogP contribution in [0.25, 0.3) is 0 Å². The molecule has 36 valence electrons. The van der Waals surface area contributed by atoms with E-state index in [0.29, 0.717) is 0 Å². The maximum atomic E-state index is 8.56. The molecule has 3 N–H and O–H groups in total. The van der Waals surface area contributed by atoms with Crippen molar-refractivity contribution >= 4 is 11.4 Å². The third kappa shape index (κ3) is 77.0. The van der Waals surface area contributed by atoms with Crippen molar-refractivity contribution in [1.82, 2.24) is 0 Å². The monoisotopic (exact) mass is 123 g/mol. The van der Waals surface area contributed by atoms with E-state index in [1.165, 1.54) is 0 Å². The Morgan fingerprint density at radius 2 is 1.83 bits per heavy atom. The minimum Gasteiger partial charge on any atom is -1.00 e. The smallest absolute Gasteiger partial charge is 1.00 e. The number of hydrogen-bond acceptors (Lipinski definition) is 2. The van der Waals surface area contributed by atoms with Gasteiger partial charge < -0.3 is 16.0 Å². The Morgan fingerprint density at radius 1 is 1.83 bits per heavy atom. The summed E-state index contributed by atoms with van der Waals surface area (Å²) >= 11 is -2.86. The first-order valence-electron chi connectivity index (χ1n) is 0.516. The zero-order valence-corrected chi connectivity index (χ0v) is 5.99. The van der Waals surface area contributed by atoms with E-state index in [9.17, 15) is 0 Å². The van der Waals surface area contributed by atoms with Gasteiger partial charge in [0, 0.05) is 0 Å². The molecule has 0 aromatic rings. The van der Waals surface area contributed by atoms with Gasteiger partial charge in [-0.1, -0.05) is 0 Å². The average molecular weight is 123 g/mol. The van der Waals surface area contributed by atoms with Crippen LogP contribution in [-0.4, -0.2) is 18.8 Å². The molecule has 0 rings (SSSR count). The summed E-state index contributed by atoms with van der Waals surface area (Å²) in [7, 11) is 0. The van der Waals surface area contributed by atoms with E-state index in [2.05, 4.69) is 0 Å². The molecule has 0 fully saturated rings. The Hall–Kier alpha value is 1.03. The van der Waals surface area contributed by atoms with Crippen molar-refractivity contribution in [2.45, 2.75) is 0 Å². The van der Waals surface area contributed by atoms with Crippen LogP contribution >= 0.6 is 0 Å². The van der Waals surface area contributed by atoms with E-state index in [0.717, 1.165) is 0 Å². The molecular weight excluding hydrogens is 119 g/mol. The Balaban J connectivity index is -0.0000000150. The predicted molar refractivity (Wildman–Crippen MR) is 16.3 cm³/mol. The topological polar surface area (TPSA) is 91.9 Å². The molecule has 6 heteroatoms. The molecule has 0 spiro atoms. The average Bonchev–Trinajstić information content (AvgIpc) is 0.811. The van der Waals surface area contributed by atoms with Gasteiger partial charge in [-0.15, -0.1) is 0 Å². The van der Waals surface area contributed by atoms with Crippen LogP contribution in [0.5, 0.6) is 0 Å². The van der Waals surface area contributed by atoms with Crippen molar-refractivity contribution < 1.29 is 49.8 Å². The van der Waals surface area contributed by atoms with E-state index in [-0.39, 0.29) is 36.5 Å². The minimum atomic E-state index is -2.86. The third-order valence-corrected chi connectivity index (χ3v) is 0. The summed E-state index contributed by atoms with van der Waals surface area (Å²) in [6, 6.07) is 0. The SMILES string of the molecule is O.O=S([O-])O.[H-].[Na+]. The first-order valence-corrected chi connectivity index (χ1v) is 1.55. The maximum Gasteiger partial charge on any atom is 1.00 e. The second-order valence-electron chi connectivity index (χ2n) is 0.217. The first-order chi connectivity index (χ1) is 1.73. The van der Waals surface area contributed by atoms with Crippen molar-refractivity contribution in [1.29, 1.82) is 0 Å². The van der Waals surface area contributed by atoms with Gasteiger partial charge in [0.05, 0.1) is 11.4 Å². The van der Waals surface area contributed by atoms with Crippen LogP contribution in [0.15, 0.2) is 0 Å². The largest absolute Gasteiger partial charge is 1.00 e. The van der Waals surface area contributed by atoms with Gasteiger partial charge in [0.15, 0.2) is 0 Å². The fourth-order valence-corrected chi connectivity index (χ4v) is 0. The molecule has 0 heterocycles. The van der Waals surface area contributed by atoms with Gasteiger partial charge >= 0.3 is 29.6 Å². The van der Waals surface area contributed by atoms with E-state index in [1.54, 1.807) is 0 Å². The van der Waals surface area contributed by atoms with Crippen molar-refractivity contribution in [3.8, 4) is 0 Å². The molecule has 0 aliphatic heterocycles. The summed E-state index contributed by atoms with van der Waals surface area (Å²) in [5.74, 6) is 0. The molecule has 0 aromatic carbocycles. The Bertz CT molecular complexity index is 34.7. The maximum absolute atomic E-state index is 8.56. The Morgan fingerprint density at radius 3 is 1.83 bits per heavy atom. The molecule has 1 unspecified atom stereocenters. The molecule has 0 saturated heterocycles. The van der Waals surface area contributed by atoms with Gasteiger partial charge in [-0.25, -0.2) is 4.21 Å². The second kappa shape index (κ2) is 9.39. The van der Waals surface area contributed by atoms with Gasteiger partial charge in [-0.3, -0.25) is 0 Å². The quantitative estimate of drug-likeness (QED) is 0.260. The van der Waals surface area contributed by atoms with E-state index in [1.807, 2.05) is 0 Å². The Kier molecular flexibility index (Phi) is 24.6. The van der Waals surface area contributed by atoms with E-state index < -0.39 is 11.4 Å². The molecule has 0 aliphatic rings. The summed E-state index contributed by atoms with van der Waals surface area (Å²) in [6.45, 7) is 0. The van der Waals surface area contributed by atoms with Crippen LogP contribution in [0.2, 0.25) is 0 Å². The van der Waals surface area contributed by atoms with Crippen LogP contribution in [-0.2, 0) is 11.4 Å². The van der Waals surface area contributed by atoms with Crippen LogP contribution in [0.4, 0.5) is 0 Å². The van der Waals surface area contributed by atoms with Crippen molar-refractivity contribution in [2.24, 2.45) is 0 Å². The van der Waals surface area contributed by atoms with Crippen LogP contribution in [0.1, 0.15) is 1.43 Å². The van der Waals surface area contributed by atoms with E-state index in [4.69, 9.17) is 13.3 Å². The van der Waals surface area contributed by atoms with E-state index >= 15 is 0 Å². The summed E-state index contributed by atoms with van der Waals surface area (Å²) in [6.07, 6.45) is 0. The normalized spacial score (nSPS) is 10.3. The molecule has 6 heavy (non-hydrogen) atoms. The fourth-order valence-electron chi connectivity index (χ4n) is 0. The van der Waals surface area contributed by atoms with Gasteiger partial charge in [0.1, 0.15) is 0 Å². The molecule has 0 aliphatic carbocycles. The summed E-state index contributed by atoms with van der Waals surface area (Å²) in [5.41, 5.74) is 0. The van der Waals surface area contributed by atoms with Crippen molar-refractivity contribution in [3.63, 3.8) is 0 Å². The zero-order valence-electron chi connectivity index (χ0n) is 4.17. The van der Waals surface area contributed by atoms with Crippen LogP contribution < -0.4 is 29.6 Å². The van der Waals surface area contributed by atoms with Gasteiger partial charge in [0.2, 0.25) is 0 Å². The summed E-state index contributed by atoms with van der Waals surface area (Å²) in [4.78, 5) is 0. The molecule has 0 saturated carbocycles. The summed E-state index contributed by atoms with van der Waals surface area (Å²) < 4.78 is 24.1. The summed E-state index contributed by atoms with van der Waals surface area (Å²) in [5, 5.41) is 0. The second-order valence-corrected chi connectivity index (χ2v) is 0.651. The van der Waals surface area contributed by atoms with Crippen molar-refractivity contribution in [3.05, 3.63) is 0 Å². The van der Waals surface area contributed by atoms with Crippen molar-refractivity contribution in [2.75, 3.05) is 0 Å². The fraction of sp³-hybridized carbons (Fsp3) is 0. The molecule has 0 bridgehead atoms. The Labute approximate surface area is 61.1 Å². The predicted octanol–water partition coefficient (Wildman–Crippen LogP) is -4.37. The number of rotatable bonds is 0. The van der Waals surface area contributed by atoms with Gasteiger partial charge in [-0.05, 0) is 0 Å². The van der Waals surface area contributed by atoms with Gasteiger partial charge in [-0.2, -0.15) is 0 Å². The number of hydrogen-bond donors (Lipinski definition) is 1. The minimum absolute atomic E-state index is 0. The van der Waals surface area contributed by atoms with Crippen LogP contribution in [0.3, 0.4) is 0 Å². The molecule has 0 amide bonds. The molecular formula is H4NaO4S-. The zero-order chi connectivity index (χ0) is 3.58.